The minimum atomic E-state index is -3.50. The summed E-state index contributed by atoms with van der Waals surface area (Å²) in [6.45, 7) is 2.45. The lowest BCUT2D eigenvalue weighted by atomic mass is 9.96. The Balaban J connectivity index is 1.53. The van der Waals surface area contributed by atoms with Gasteiger partial charge in [-0.1, -0.05) is 60.7 Å². The van der Waals surface area contributed by atoms with Crippen LogP contribution in [0.3, 0.4) is 0 Å². The van der Waals surface area contributed by atoms with Crippen molar-refractivity contribution < 1.29 is 17.9 Å². The Hall–Kier alpha value is -2.48. The second-order valence-electron chi connectivity index (χ2n) is 8.34. The summed E-state index contributed by atoms with van der Waals surface area (Å²) in [7, 11) is -1.86. The van der Waals surface area contributed by atoms with E-state index < -0.39 is 10.0 Å². The molecule has 2 aromatic carbocycles. The number of nitrogens with zero attached hydrogens (tertiary/aromatic N) is 2. The summed E-state index contributed by atoms with van der Waals surface area (Å²) in [4.78, 5) is 15.1. The Labute approximate surface area is 197 Å². The minimum absolute atomic E-state index is 0.108. The quantitative estimate of drug-likeness (QED) is 0.501. The maximum Gasteiger partial charge on any atom is 0.236 e. The van der Waals surface area contributed by atoms with Gasteiger partial charge < -0.3 is 9.64 Å². The SMILES string of the molecule is COCCN(CCCc1ccccc1)C(=O)C1CCN(S(=O)(=O)/C=C/c2ccccc2)CC1. The highest BCUT2D eigenvalue weighted by molar-refractivity contribution is 7.92. The highest BCUT2D eigenvalue weighted by Crippen LogP contribution is 2.23. The van der Waals surface area contributed by atoms with Gasteiger partial charge in [-0.3, -0.25) is 4.79 Å². The zero-order valence-electron chi connectivity index (χ0n) is 19.3. The van der Waals surface area contributed by atoms with Crippen molar-refractivity contribution in [3.05, 3.63) is 77.2 Å². The van der Waals surface area contributed by atoms with Crippen molar-refractivity contribution in [3.63, 3.8) is 0 Å². The first-order valence-electron chi connectivity index (χ1n) is 11.5. The maximum absolute atomic E-state index is 13.2. The molecule has 0 N–H and O–H groups in total. The lowest BCUT2D eigenvalue weighted by Crippen LogP contribution is -2.45. The molecular formula is C26H34N2O4S. The first-order chi connectivity index (χ1) is 16.0. The van der Waals surface area contributed by atoms with Crippen molar-refractivity contribution in [3.8, 4) is 0 Å². The summed E-state index contributed by atoms with van der Waals surface area (Å²) in [5, 5.41) is 1.26. The van der Waals surface area contributed by atoms with E-state index in [9.17, 15) is 13.2 Å². The summed E-state index contributed by atoms with van der Waals surface area (Å²) < 4.78 is 32.1. The van der Waals surface area contributed by atoms with Gasteiger partial charge in [-0.15, -0.1) is 0 Å². The predicted molar refractivity (Wildman–Crippen MR) is 132 cm³/mol. The number of aryl methyl sites for hydroxylation is 1. The number of hydrogen-bond acceptors (Lipinski definition) is 4. The molecule has 7 heteroatoms. The Morgan fingerprint density at radius 2 is 1.67 bits per heavy atom. The minimum Gasteiger partial charge on any atom is -0.383 e. The standard InChI is InChI=1S/C26H34N2O4S/c1-32-21-20-27(17-8-13-23-9-4-2-5-10-23)26(29)25-14-18-28(19-15-25)33(30,31)22-16-24-11-6-3-7-12-24/h2-7,9-12,16,22,25H,8,13-15,17-21H2,1H3/b22-16+. The first kappa shape index (κ1) is 25.1. The van der Waals surface area contributed by atoms with Crippen molar-refractivity contribution >= 4 is 22.0 Å². The van der Waals surface area contributed by atoms with Crippen LogP contribution in [0.25, 0.3) is 6.08 Å². The van der Waals surface area contributed by atoms with Gasteiger partial charge in [0.05, 0.1) is 6.61 Å². The normalized spacial score (nSPS) is 15.7. The van der Waals surface area contributed by atoms with Gasteiger partial charge in [0.25, 0.3) is 0 Å². The van der Waals surface area contributed by atoms with Gasteiger partial charge in [0.15, 0.2) is 0 Å². The molecular weight excluding hydrogens is 436 g/mol. The van der Waals surface area contributed by atoms with Gasteiger partial charge in [0, 0.05) is 44.6 Å². The lowest BCUT2D eigenvalue weighted by molar-refractivity contribution is -0.137. The van der Waals surface area contributed by atoms with E-state index in [-0.39, 0.29) is 11.8 Å². The van der Waals surface area contributed by atoms with Crippen LogP contribution in [-0.2, 0) is 26.0 Å². The van der Waals surface area contributed by atoms with E-state index in [2.05, 4.69) is 12.1 Å². The summed E-state index contributed by atoms with van der Waals surface area (Å²) in [5.74, 6) is -0.0416. The van der Waals surface area contributed by atoms with E-state index in [0.29, 0.717) is 45.6 Å². The number of methoxy groups -OCH3 is 1. The molecule has 0 saturated carbocycles. The second-order valence-corrected chi connectivity index (χ2v) is 10.2. The molecule has 1 aliphatic heterocycles. The number of hydrogen-bond donors (Lipinski definition) is 0. The number of ether oxygens (including phenoxy) is 1. The molecule has 33 heavy (non-hydrogen) atoms. The van der Waals surface area contributed by atoms with Gasteiger partial charge in [-0.2, -0.15) is 4.31 Å². The van der Waals surface area contributed by atoms with E-state index in [4.69, 9.17) is 4.74 Å². The molecule has 3 rings (SSSR count). The van der Waals surface area contributed by atoms with Crippen molar-refractivity contribution in [2.75, 3.05) is 39.9 Å². The molecule has 0 radical (unpaired) electrons. The molecule has 1 aliphatic rings. The zero-order valence-corrected chi connectivity index (χ0v) is 20.1. The molecule has 0 spiro atoms. The smallest absolute Gasteiger partial charge is 0.236 e. The molecule has 1 saturated heterocycles. The molecule has 0 atom stereocenters. The van der Waals surface area contributed by atoms with Crippen LogP contribution in [-0.4, -0.2) is 63.4 Å². The molecule has 1 amide bonds. The summed E-state index contributed by atoms with van der Waals surface area (Å²) in [6.07, 6.45) is 4.50. The van der Waals surface area contributed by atoms with Crippen molar-refractivity contribution in [2.45, 2.75) is 25.7 Å². The van der Waals surface area contributed by atoms with E-state index in [1.54, 1.807) is 13.2 Å². The third-order valence-electron chi connectivity index (χ3n) is 6.01. The van der Waals surface area contributed by atoms with Crippen LogP contribution in [0.5, 0.6) is 0 Å². The van der Waals surface area contributed by atoms with Gasteiger partial charge in [-0.25, -0.2) is 8.42 Å². The monoisotopic (exact) mass is 470 g/mol. The van der Waals surface area contributed by atoms with E-state index in [1.165, 1.54) is 15.3 Å². The van der Waals surface area contributed by atoms with Crippen molar-refractivity contribution in [1.29, 1.82) is 0 Å². The van der Waals surface area contributed by atoms with Crippen LogP contribution < -0.4 is 0 Å². The van der Waals surface area contributed by atoms with Crippen molar-refractivity contribution in [1.82, 2.24) is 9.21 Å². The Bertz CT molecular complexity index is 985. The summed E-state index contributed by atoms with van der Waals surface area (Å²) >= 11 is 0. The van der Waals surface area contributed by atoms with E-state index in [1.807, 2.05) is 53.4 Å². The Morgan fingerprint density at radius 3 is 2.30 bits per heavy atom. The average Bonchev–Trinajstić information content (AvgIpc) is 2.86. The average molecular weight is 471 g/mol. The molecule has 178 valence electrons. The van der Waals surface area contributed by atoms with Gasteiger partial charge in [0.2, 0.25) is 15.9 Å². The van der Waals surface area contributed by atoms with Crippen molar-refractivity contribution in [2.24, 2.45) is 5.92 Å². The fraction of sp³-hybridized carbons (Fsp3) is 0.423. The fourth-order valence-electron chi connectivity index (χ4n) is 4.08. The van der Waals surface area contributed by atoms with Crippen LogP contribution >= 0.6 is 0 Å². The van der Waals surface area contributed by atoms with Crippen LogP contribution in [0.2, 0.25) is 0 Å². The number of carbonyl (C=O) groups is 1. The largest absolute Gasteiger partial charge is 0.383 e. The fourth-order valence-corrected chi connectivity index (χ4v) is 5.30. The number of sulfonamides is 1. The Morgan fingerprint density at radius 1 is 1.03 bits per heavy atom. The Kier molecular flexibility index (Phi) is 9.66. The van der Waals surface area contributed by atoms with Gasteiger partial charge in [-0.05, 0) is 42.9 Å². The molecule has 0 bridgehead atoms. The molecule has 0 unspecified atom stereocenters. The number of piperidine rings is 1. The molecule has 6 nitrogen and oxygen atoms in total. The van der Waals surface area contributed by atoms with Gasteiger partial charge in [0.1, 0.15) is 0 Å². The molecule has 1 heterocycles. The lowest BCUT2D eigenvalue weighted by Gasteiger charge is -2.33. The zero-order chi connectivity index (χ0) is 23.5. The second kappa shape index (κ2) is 12.7. The molecule has 2 aromatic rings. The van der Waals surface area contributed by atoms with Crippen LogP contribution in [0, 0.1) is 5.92 Å². The van der Waals surface area contributed by atoms with E-state index in [0.717, 1.165) is 18.4 Å². The first-order valence-corrected chi connectivity index (χ1v) is 13.0. The highest BCUT2D eigenvalue weighted by atomic mass is 32.2. The highest BCUT2D eigenvalue weighted by Gasteiger charge is 2.32. The summed E-state index contributed by atoms with van der Waals surface area (Å²) in [6, 6.07) is 19.6. The van der Waals surface area contributed by atoms with Crippen LogP contribution in [0.1, 0.15) is 30.4 Å². The number of carbonyl (C=O) groups excluding carboxylic acids is 1. The van der Waals surface area contributed by atoms with E-state index >= 15 is 0 Å². The van der Waals surface area contributed by atoms with Crippen LogP contribution in [0.15, 0.2) is 66.1 Å². The molecule has 0 aliphatic carbocycles. The topological polar surface area (TPSA) is 66.9 Å². The summed E-state index contributed by atoms with van der Waals surface area (Å²) in [5.41, 5.74) is 2.11. The number of rotatable bonds is 11. The predicted octanol–water partition coefficient (Wildman–Crippen LogP) is 3.81. The van der Waals surface area contributed by atoms with Crippen LogP contribution in [0.4, 0.5) is 0 Å². The third kappa shape index (κ3) is 7.81. The molecule has 1 fully saturated rings. The maximum atomic E-state index is 13.2. The number of benzene rings is 2. The molecule has 0 aromatic heterocycles. The van der Waals surface area contributed by atoms with Gasteiger partial charge >= 0.3 is 0 Å². The third-order valence-corrected chi connectivity index (χ3v) is 7.57. The number of amides is 1.